The normalized spacial score (nSPS) is 10.4. The number of anilines is 2. The van der Waals surface area contributed by atoms with Gasteiger partial charge >= 0.3 is 0 Å². The van der Waals surface area contributed by atoms with E-state index in [-0.39, 0.29) is 0 Å². The highest BCUT2D eigenvalue weighted by Gasteiger charge is 2.05. The number of aromatic nitrogens is 1. The standard InChI is InChI=1S/C16H14N2O/c1-19-16-8-3-2-7-15(16)17-13-9-11-18-10-5-4-6-14(18)12-13/h2-12H,1H3/p+1. The molecule has 0 bridgehead atoms. The molecule has 0 aliphatic heterocycles. The Bertz CT molecular complexity index is 710. The summed E-state index contributed by atoms with van der Waals surface area (Å²) < 4.78 is 7.41. The summed E-state index contributed by atoms with van der Waals surface area (Å²) in [5.41, 5.74) is 3.14. The summed E-state index contributed by atoms with van der Waals surface area (Å²) in [6.07, 6.45) is 4.06. The van der Waals surface area contributed by atoms with Crippen molar-refractivity contribution >= 4 is 16.9 Å². The summed E-state index contributed by atoms with van der Waals surface area (Å²) in [6.45, 7) is 0. The molecule has 0 saturated carbocycles. The molecular formula is C16H15N2O+. The predicted octanol–water partition coefficient (Wildman–Crippen LogP) is 3.18. The lowest BCUT2D eigenvalue weighted by Gasteiger charge is -2.10. The molecule has 1 N–H and O–H groups in total. The Kier molecular flexibility index (Phi) is 3.02. The molecule has 0 fully saturated rings. The largest absolute Gasteiger partial charge is 0.495 e. The highest BCUT2D eigenvalue weighted by Crippen LogP contribution is 2.26. The molecule has 19 heavy (non-hydrogen) atoms. The fraction of sp³-hybridized carbons (Fsp3) is 0.0625. The lowest BCUT2D eigenvalue weighted by atomic mass is 10.2. The van der Waals surface area contributed by atoms with Crippen molar-refractivity contribution in [3.63, 3.8) is 0 Å². The molecule has 0 atom stereocenters. The van der Waals surface area contributed by atoms with Gasteiger partial charge in [-0.05, 0) is 18.2 Å². The van der Waals surface area contributed by atoms with E-state index in [2.05, 4.69) is 21.9 Å². The van der Waals surface area contributed by atoms with E-state index in [0.29, 0.717) is 0 Å². The number of hydrogen-bond donors (Lipinski definition) is 1. The molecule has 3 heteroatoms. The number of nitrogens with zero attached hydrogens (tertiary/aromatic N) is 1. The number of pyridine rings is 2. The van der Waals surface area contributed by atoms with E-state index in [9.17, 15) is 0 Å². The van der Waals surface area contributed by atoms with E-state index in [0.717, 1.165) is 22.6 Å². The van der Waals surface area contributed by atoms with Crippen molar-refractivity contribution < 1.29 is 9.14 Å². The van der Waals surface area contributed by atoms with Gasteiger partial charge in [0.2, 0.25) is 5.52 Å². The van der Waals surface area contributed by atoms with E-state index >= 15 is 0 Å². The third-order valence-electron chi connectivity index (χ3n) is 3.03. The molecule has 0 radical (unpaired) electrons. The zero-order valence-electron chi connectivity index (χ0n) is 10.7. The zero-order chi connectivity index (χ0) is 13.1. The van der Waals surface area contributed by atoms with Gasteiger partial charge in [-0.2, -0.15) is 4.40 Å². The fourth-order valence-electron chi connectivity index (χ4n) is 2.08. The molecule has 1 aromatic carbocycles. The van der Waals surface area contributed by atoms with Gasteiger partial charge in [-0.3, -0.25) is 0 Å². The number of hydrogen-bond acceptors (Lipinski definition) is 2. The zero-order valence-corrected chi connectivity index (χ0v) is 10.7. The molecule has 0 saturated heterocycles. The van der Waals surface area contributed by atoms with Gasteiger partial charge in [0.25, 0.3) is 0 Å². The number of para-hydroxylation sites is 2. The maximum absolute atomic E-state index is 5.34. The van der Waals surface area contributed by atoms with Crippen LogP contribution in [0.2, 0.25) is 0 Å². The summed E-state index contributed by atoms with van der Waals surface area (Å²) in [5.74, 6) is 0.836. The van der Waals surface area contributed by atoms with Gasteiger partial charge < -0.3 is 10.1 Å². The van der Waals surface area contributed by atoms with Crippen LogP contribution in [-0.4, -0.2) is 7.11 Å². The van der Waals surface area contributed by atoms with Crippen LogP contribution in [0.4, 0.5) is 11.4 Å². The minimum atomic E-state index is 0.836. The first-order valence-electron chi connectivity index (χ1n) is 6.17. The number of ether oxygens (including phenoxy) is 1. The van der Waals surface area contributed by atoms with Crippen LogP contribution in [0.5, 0.6) is 5.75 Å². The molecule has 0 unspecified atom stereocenters. The van der Waals surface area contributed by atoms with Crippen molar-refractivity contribution in [3.05, 3.63) is 67.0 Å². The quantitative estimate of drug-likeness (QED) is 0.723. The van der Waals surface area contributed by atoms with Crippen molar-refractivity contribution in [2.45, 2.75) is 0 Å². The van der Waals surface area contributed by atoms with Crippen molar-refractivity contribution in [3.8, 4) is 5.75 Å². The average Bonchev–Trinajstić information content (AvgIpc) is 2.48. The van der Waals surface area contributed by atoms with Crippen LogP contribution in [0.1, 0.15) is 0 Å². The molecule has 3 nitrogen and oxygen atoms in total. The second-order valence-corrected chi connectivity index (χ2v) is 4.27. The van der Waals surface area contributed by atoms with Crippen molar-refractivity contribution in [2.24, 2.45) is 0 Å². The number of fused-ring (bicyclic) bond motifs is 1. The Morgan fingerprint density at radius 2 is 1.79 bits per heavy atom. The van der Waals surface area contributed by atoms with Crippen LogP contribution in [0, 0.1) is 0 Å². The average molecular weight is 251 g/mol. The SMILES string of the molecule is COc1ccccc1Nc1cc[n+]2ccccc2c1. The second kappa shape index (κ2) is 4.98. The monoisotopic (exact) mass is 251 g/mol. The van der Waals surface area contributed by atoms with Gasteiger partial charge in [0.1, 0.15) is 5.75 Å². The minimum absolute atomic E-state index is 0.836. The topological polar surface area (TPSA) is 25.4 Å². The Morgan fingerprint density at radius 1 is 0.947 bits per heavy atom. The van der Waals surface area contributed by atoms with E-state index < -0.39 is 0 Å². The number of benzene rings is 1. The maximum Gasteiger partial charge on any atom is 0.212 e. The van der Waals surface area contributed by atoms with E-state index in [1.54, 1.807) is 7.11 Å². The highest BCUT2D eigenvalue weighted by atomic mass is 16.5. The molecule has 0 aliphatic rings. The third kappa shape index (κ3) is 2.36. The fourth-order valence-corrected chi connectivity index (χ4v) is 2.08. The highest BCUT2D eigenvalue weighted by molar-refractivity contribution is 5.67. The first-order chi connectivity index (χ1) is 9.36. The first-order valence-corrected chi connectivity index (χ1v) is 6.17. The Balaban J connectivity index is 1.96. The summed E-state index contributed by atoms with van der Waals surface area (Å²) in [6, 6.07) is 18.2. The van der Waals surface area contributed by atoms with Crippen molar-refractivity contribution in [2.75, 3.05) is 12.4 Å². The molecule has 3 aromatic rings. The molecule has 0 amide bonds. The van der Waals surface area contributed by atoms with Crippen molar-refractivity contribution in [1.82, 2.24) is 0 Å². The summed E-state index contributed by atoms with van der Waals surface area (Å²) in [4.78, 5) is 0. The molecular weight excluding hydrogens is 236 g/mol. The Morgan fingerprint density at radius 3 is 2.68 bits per heavy atom. The van der Waals surface area contributed by atoms with E-state index in [1.807, 2.05) is 54.9 Å². The summed E-state index contributed by atoms with van der Waals surface area (Å²) >= 11 is 0. The molecule has 0 spiro atoms. The molecule has 94 valence electrons. The van der Waals surface area contributed by atoms with E-state index in [1.165, 1.54) is 0 Å². The second-order valence-electron chi connectivity index (χ2n) is 4.27. The van der Waals surface area contributed by atoms with Gasteiger partial charge in [-0.1, -0.05) is 12.1 Å². The van der Waals surface area contributed by atoms with Gasteiger partial charge in [0.05, 0.1) is 18.5 Å². The predicted molar refractivity (Wildman–Crippen MR) is 75.9 cm³/mol. The van der Waals surface area contributed by atoms with E-state index in [4.69, 9.17) is 4.74 Å². The summed E-state index contributed by atoms with van der Waals surface area (Å²) in [7, 11) is 1.68. The van der Waals surface area contributed by atoms with Crippen LogP contribution in [0.25, 0.3) is 5.52 Å². The number of rotatable bonds is 3. The third-order valence-corrected chi connectivity index (χ3v) is 3.03. The molecule has 3 rings (SSSR count). The lowest BCUT2D eigenvalue weighted by molar-refractivity contribution is -0.511. The van der Waals surface area contributed by atoms with Gasteiger partial charge in [0, 0.05) is 24.3 Å². The molecule has 2 aromatic heterocycles. The number of nitrogens with one attached hydrogen (secondary N) is 1. The van der Waals surface area contributed by atoms with Crippen LogP contribution in [0.15, 0.2) is 67.0 Å². The van der Waals surface area contributed by atoms with Crippen LogP contribution in [-0.2, 0) is 0 Å². The maximum atomic E-state index is 5.34. The van der Waals surface area contributed by atoms with Crippen LogP contribution >= 0.6 is 0 Å². The molecule has 0 aliphatic carbocycles. The molecule has 2 heterocycles. The van der Waals surface area contributed by atoms with Gasteiger partial charge in [-0.25, -0.2) is 0 Å². The minimum Gasteiger partial charge on any atom is -0.495 e. The smallest absolute Gasteiger partial charge is 0.212 e. The first kappa shape index (κ1) is 11.5. The van der Waals surface area contributed by atoms with Crippen molar-refractivity contribution in [1.29, 1.82) is 0 Å². The summed E-state index contributed by atoms with van der Waals surface area (Å²) in [5, 5.41) is 3.38. The number of methoxy groups -OCH3 is 1. The van der Waals surface area contributed by atoms with Crippen LogP contribution < -0.4 is 14.5 Å². The van der Waals surface area contributed by atoms with Gasteiger partial charge in [-0.15, -0.1) is 0 Å². The van der Waals surface area contributed by atoms with Gasteiger partial charge in [0.15, 0.2) is 12.4 Å². The Labute approximate surface area is 112 Å². The van der Waals surface area contributed by atoms with Crippen LogP contribution in [0.3, 0.4) is 0 Å². The lowest BCUT2D eigenvalue weighted by Crippen LogP contribution is -2.19. The Hall–Kier alpha value is -2.55.